The molecule has 0 spiro atoms. The number of rotatable bonds is 4. The van der Waals surface area contributed by atoms with Crippen LogP contribution >= 0.6 is 0 Å². The zero-order chi connectivity index (χ0) is 20.5. The number of carbonyl (C=O) groups is 1. The van der Waals surface area contributed by atoms with E-state index in [9.17, 15) is 4.79 Å². The number of hydrogen-bond donors (Lipinski definition) is 3. The molecule has 1 aliphatic heterocycles. The number of aromatic nitrogens is 2. The highest BCUT2D eigenvalue weighted by Gasteiger charge is 2.33. The van der Waals surface area contributed by atoms with Crippen molar-refractivity contribution in [3.05, 3.63) is 64.8 Å². The fourth-order valence-corrected chi connectivity index (χ4v) is 3.93. The number of amides is 1. The third-order valence-corrected chi connectivity index (χ3v) is 5.51. The molecule has 0 aliphatic carbocycles. The average molecular weight is 390 g/mol. The highest BCUT2D eigenvalue weighted by Crippen LogP contribution is 2.20. The van der Waals surface area contributed by atoms with Crippen LogP contribution in [0.5, 0.6) is 0 Å². The first-order valence-electron chi connectivity index (χ1n) is 10.0. The van der Waals surface area contributed by atoms with Crippen LogP contribution in [0.3, 0.4) is 0 Å². The summed E-state index contributed by atoms with van der Waals surface area (Å²) in [7, 11) is 0. The molecule has 0 saturated carbocycles. The van der Waals surface area contributed by atoms with Crippen molar-refractivity contribution in [2.24, 2.45) is 5.92 Å². The minimum Gasteiger partial charge on any atom is -0.323 e. The molecule has 6 heteroatoms. The lowest BCUT2D eigenvalue weighted by Crippen LogP contribution is -2.63. The average Bonchev–Trinajstić information content (AvgIpc) is 2.65. The molecule has 1 saturated heterocycles. The van der Waals surface area contributed by atoms with Gasteiger partial charge in [-0.15, -0.1) is 0 Å². The molecule has 3 aromatic rings. The van der Waals surface area contributed by atoms with Crippen LogP contribution in [0.4, 0.5) is 5.95 Å². The zero-order valence-corrected chi connectivity index (χ0v) is 17.3. The summed E-state index contributed by atoms with van der Waals surface area (Å²) in [5.41, 5.74) is 5.36. The smallest absolute Gasteiger partial charge is 0.227 e. The predicted octanol–water partition coefficient (Wildman–Crippen LogP) is 3.22. The first-order chi connectivity index (χ1) is 13.9. The van der Waals surface area contributed by atoms with Crippen LogP contribution in [-0.2, 0) is 11.2 Å². The molecule has 1 aromatic heterocycles. The summed E-state index contributed by atoms with van der Waals surface area (Å²) < 4.78 is 0. The summed E-state index contributed by atoms with van der Waals surface area (Å²) in [6, 6.07) is 14.5. The Bertz CT molecular complexity index is 1060. The van der Waals surface area contributed by atoms with Crippen LogP contribution in [0.2, 0.25) is 0 Å². The fraction of sp³-hybridized carbons (Fsp3) is 0.348. The van der Waals surface area contributed by atoms with Crippen molar-refractivity contribution >= 4 is 22.8 Å². The largest absolute Gasteiger partial charge is 0.323 e. The van der Waals surface area contributed by atoms with Crippen LogP contribution in [0, 0.1) is 26.7 Å². The zero-order valence-electron chi connectivity index (χ0n) is 17.3. The summed E-state index contributed by atoms with van der Waals surface area (Å²) in [5, 5.41) is 10.7. The van der Waals surface area contributed by atoms with Gasteiger partial charge in [-0.3, -0.25) is 10.1 Å². The van der Waals surface area contributed by atoms with Crippen molar-refractivity contribution in [2.75, 3.05) is 5.32 Å². The first kappa shape index (κ1) is 19.3. The number of nitrogens with one attached hydrogen (secondary N) is 3. The highest BCUT2D eigenvalue weighted by atomic mass is 16.2. The van der Waals surface area contributed by atoms with Gasteiger partial charge in [-0.05, 0) is 51.8 Å². The topological polar surface area (TPSA) is 78.9 Å². The summed E-state index contributed by atoms with van der Waals surface area (Å²) in [6.45, 7) is 8.14. The quantitative estimate of drug-likeness (QED) is 0.639. The number of nitrogens with zero attached hydrogens (tertiary/aromatic N) is 2. The third-order valence-electron chi connectivity index (χ3n) is 5.51. The standard InChI is InChI=1S/C23H27N5O/c1-13-6-5-7-17(10-13)12-19-16(4)25-23(27-21(19)29)28-22-24-15(3)18-11-14(2)8-9-20(18)26-22/h5-11,16,19,23,25H,12H2,1-4H3,(H,27,29)(H,24,26,28). The van der Waals surface area contributed by atoms with E-state index in [0.29, 0.717) is 12.4 Å². The van der Waals surface area contributed by atoms with Crippen molar-refractivity contribution in [3.63, 3.8) is 0 Å². The van der Waals surface area contributed by atoms with Gasteiger partial charge >= 0.3 is 0 Å². The molecule has 150 valence electrons. The molecular formula is C23H27N5O. The highest BCUT2D eigenvalue weighted by molar-refractivity contribution is 5.83. The van der Waals surface area contributed by atoms with Gasteiger partial charge in [0.25, 0.3) is 0 Å². The maximum absolute atomic E-state index is 12.8. The Balaban J connectivity index is 1.47. The van der Waals surface area contributed by atoms with E-state index in [1.165, 1.54) is 16.7 Å². The molecule has 3 unspecified atom stereocenters. The van der Waals surface area contributed by atoms with E-state index in [1.807, 2.05) is 32.0 Å². The minimum absolute atomic E-state index is 0.0194. The molecule has 6 nitrogen and oxygen atoms in total. The number of carbonyl (C=O) groups excluding carboxylic acids is 1. The molecule has 3 N–H and O–H groups in total. The normalized spacial score (nSPS) is 21.8. The van der Waals surface area contributed by atoms with Gasteiger partial charge in [-0.25, -0.2) is 9.97 Å². The van der Waals surface area contributed by atoms with Gasteiger partial charge in [0.1, 0.15) is 0 Å². The Morgan fingerprint density at radius 2 is 1.83 bits per heavy atom. The van der Waals surface area contributed by atoms with E-state index < -0.39 is 6.29 Å². The fourth-order valence-electron chi connectivity index (χ4n) is 3.93. The van der Waals surface area contributed by atoms with Gasteiger partial charge in [-0.1, -0.05) is 41.5 Å². The lowest BCUT2D eigenvalue weighted by Gasteiger charge is -2.36. The second-order valence-corrected chi connectivity index (χ2v) is 7.99. The van der Waals surface area contributed by atoms with Gasteiger partial charge < -0.3 is 10.6 Å². The predicted molar refractivity (Wildman–Crippen MR) is 116 cm³/mol. The molecule has 2 aromatic carbocycles. The third kappa shape index (κ3) is 4.22. The minimum atomic E-state index is -0.409. The Morgan fingerprint density at radius 1 is 1.03 bits per heavy atom. The van der Waals surface area contributed by atoms with Gasteiger partial charge in [0.05, 0.1) is 17.1 Å². The monoisotopic (exact) mass is 389 g/mol. The maximum Gasteiger partial charge on any atom is 0.227 e. The van der Waals surface area contributed by atoms with Crippen molar-refractivity contribution in [1.29, 1.82) is 0 Å². The number of anilines is 1. The number of hydrogen-bond acceptors (Lipinski definition) is 5. The Hall–Kier alpha value is -2.99. The van der Waals surface area contributed by atoms with E-state index in [1.54, 1.807) is 0 Å². The molecule has 0 radical (unpaired) electrons. The maximum atomic E-state index is 12.8. The summed E-state index contributed by atoms with van der Waals surface area (Å²) in [4.78, 5) is 22.0. The molecule has 3 atom stereocenters. The van der Waals surface area contributed by atoms with Crippen molar-refractivity contribution < 1.29 is 4.79 Å². The van der Waals surface area contributed by atoms with Gasteiger partial charge in [0.2, 0.25) is 11.9 Å². The van der Waals surface area contributed by atoms with Crippen molar-refractivity contribution in [1.82, 2.24) is 20.6 Å². The van der Waals surface area contributed by atoms with Gasteiger partial charge in [0, 0.05) is 11.4 Å². The molecule has 29 heavy (non-hydrogen) atoms. The lowest BCUT2D eigenvalue weighted by molar-refractivity contribution is -0.128. The number of fused-ring (bicyclic) bond motifs is 1. The van der Waals surface area contributed by atoms with Crippen LogP contribution in [0.15, 0.2) is 42.5 Å². The summed E-state index contributed by atoms with van der Waals surface area (Å²) in [6.07, 6.45) is 0.299. The van der Waals surface area contributed by atoms with Crippen LogP contribution in [0.25, 0.3) is 10.9 Å². The van der Waals surface area contributed by atoms with Crippen LogP contribution in [0.1, 0.15) is 29.3 Å². The second kappa shape index (κ2) is 7.79. The lowest BCUT2D eigenvalue weighted by atomic mass is 9.90. The molecular weight excluding hydrogens is 362 g/mol. The Labute approximate surface area is 171 Å². The SMILES string of the molecule is Cc1cccc(CC2C(=O)NC(Nc3nc(C)c4cc(C)ccc4n3)NC2C)c1. The van der Waals surface area contributed by atoms with E-state index in [4.69, 9.17) is 0 Å². The second-order valence-electron chi connectivity index (χ2n) is 7.99. The Morgan fingerprint density at radius 3 is 2.59 bits per heavy atom. The Kier molecular flexibility index (Phi) is 5.20. The van der Waals surface area contributed by atoms with Crippen molar-refractivity contribution in [2.45, 2.75) is 46.4 Å². The summed E-state index contributed by atoms with van der Waals surface area (Å²) >= 11 is 0. The molecule has 1 aliphatic rings. The van der Waals surface area contributed by atoms with Gasteiger partial charge in [-0.2, -0.15) is 0 Å². The molecule has 2 heterocycles. The van der Waals surface area contributed by atoms with Crippen LogP contribution < -0.4 is 16.0 Å². The van der Waals surface area contributed by atoms with E-state index in [-0.39, 0.29) is 17.9 Å². The van der Waals surface area contributed by atoms with Crippen LogP contribution in [-0.4, -0.2) is 28.2 Å². The molecule has 4 rings (SSSR count). The van der Waals surface area contributed by atoms with E-state index >= 15 is 0 Å². The van der Waals surface area contributed by atoms with Crippen molar-refractivity contribution in [3.8, 4) is 0 Å². The molecule has 0 bridgehead atoms. The molecule has 1 fully saturated rings. The first-order valence-corrected chi connectivity index (χ1v) is 10.0. The summed E-state index contributed by atoms with van der Waals surface area (Å²) in [5.74, 6) is 0.404. The molecule has 1 amide bonds. The number of benzene rings is 2. The number of aryl methyl sites for hydroxylation is 3. The van der Waals surface area contributed by atoms with E-state index in [2.05, 4.69) is 64.0 Å². The van der Waals surface area contributed by atoms with Gasteiger partial charge in [0.15, 0.2) is 6.29 Å². The van der Waals surface area contributed by atoms with E-state index in [0.717, 1.165) is 16.6 Å².